The highest BCUT2D eigenvalue weighted by Crippen LogP contribution is 2.30. The first-order valence-corrected chi connectivity index (χ1v) is 14.5. The minimum atomic E-state index is -0.264. The number of rotatable bonds is 9. The Morgan fingerprint density at radius 3 is 2.40 bits per heavy atom. The summed E-state index contributed by atoms with van der Waals surface area (Å²) in [7, 11) is 0. The number of piperazine rings is 1. The van der Waals surface area contributed by atoms with Crippen molar-refractivity contribution in [2.75, 3.05) is 37.7 Å². The number of hydrogen-bond donors (Lipinski definition) is 3. The third-order valence-electron chi connectivity index (χ3n) is 7.92. The summed E-state index contributed by atoms with van der Waals surface area (Å²) in [5.74, 6) is 0.309. The number of imidazole rings is 1. The summed E-state index contributed by atoms with van der Waals surface area (Å²) in [5, 5.41) is 9.96. The molecule has 0 spiro atoms. The number of H-pyrrole nitrogens is 2. The van der Waals surface area contributed by atoms with Crippen LogP contribution in [0.4, 0.5) is 11.4 Å². The molecule has 0 aliphatic carbocycles. The van der Waals surface area contributed by atoms with Crippen LogP contribution in [0.5, 0.6) is 0 Å². The van der Waals surface area contributed by atoms with Gasteiger partial charge in [-0.2, -0.15) is 0 Å². The molecular formula is C34H36N6O2. The second kappa shape index (κ2) is 12.5. The number of aliphatic imine (C=N–C) groups is 1. The minimum Gasteiger partial charge on any atom is -0.396 e. The monoisotopic (exact) mass is 560 g/mol. The Bertz CT molecular complexity index is 1720. The summed E-state index contributed by atoms with van der Waals surface area (Å²) in [6.07, 6.45) is 3.98. The third kappa shape index (κ3) is 6.20. The average molecular weight is 561 g/mol. The summed E-state index contributed by atoms with van der Waals surface area (Å²) in [4.78, 5) is 33.6. The van der Waals surface area contributed by atoms with E-state index in [2.05, 4.69) is 74.1 Å². The highest BCUT2D eigenvalue weighted by Gasteiger charge is 2.20. The van der Waals surface area contributed by atoms with Gasteiger partial charge in [-0.3, -0.25) is 14.7 Å². The predicted octanol–water partition coefficient (Wildman–Crippen LogP) is 5.10. The number of aryl methyl sites for hydroxylation is 1. The van der Waals surface area contributed by atoms with Crippen molar-refractivity contribution in [2.45, 2.75) is 19.9 Å². The lowest BCUT2D eigenvalue weighted by Gasteiger charge is -2.36. The van der Waals surface area contributed by atoms with Crippen molar-refractivity contribution in [3.8, 4) is 11.4 Å². The molecule has 0 bridgehead atoms. The van der Waals surface area contributed by atoms with Crippen molar-refractivity contribution in [1.82, 2.24) is 19.9 Å². The van der Waals surface area contributed by atoms with Crippen LogP contribution in [0.25, 0.3) is 22.4 Å². The minimum absolute atomic E-state index is 0.0377. The van der Waals surface area contributed by atoms with Crippen LogP contribution in [0, 0.1) is 12.8 Å². The Morgan fingerprint density at radius 1 is 0.976 bits per heavy atom. The van der Waals surface area contributed by atoms with Gasteiger partial charge < -0.3 is 20.0 Å². The highest BCUT2D eigenvalue weighted by atomic mass is 16.3. The number of aliphatic hydroxyl groups is 1. The van der Waals surface area contributed by atoms with Gasteiger partial charge in [0.2, 0.25) is 0 Å². The first-order chi connectivity index (χ1) is 20.6. The zero-order valence-electron chi connectivity index (χ0n) is 23.8. The van der Waals surface area contributed by atoms with Crippen molar-refractivity contribution >= 4 is 28.6 Å². The molecule has 1 unspecified atom stereocenters. The number of benzene rings is 3. The molecule has 214 valence electrons. The van der Waals surface area contributed by atoms with E-state index in [9.17, 15) is 9.90 Å². The van der Waals surface area contributed by atoms with Gasteiger partial charge in [0.1, 0.15) is 11.4 Å². The van der Waals surface area contributed by atoms with Crippen LogP contribution in [-0.2, 0) is 13.0 Å². The van der Waals surface area contributed by atoms with Gasteiger partial charge >= 0.3 is 0 Å². The van der Waals surface area contributed by atoms with Gasteiger partial charge in [0.15, 0.2) is 0 Å². The van der Waals surface area contributed by atoms with Crippen LogP contribution < -0.4 is 10.5 Å². The molecule has 8 nitrogen and oxygen atoms in total. The highest BCUT2D eigenvalue weighted by molar-refractivity contribution is 5.87. The lowest BCUT2D eigenvalue weighted by Crippen LogP contribution is -2.46. The molecule has 2 aromatic heterocycles. The van der Waals surface area contributed by atoms with Crippen molar-refractivity contribution in [3.05, 3.63) is 112 Å². The summed E-state index contributed by atoms with van der Waals surface area (Å²) >= 11 is 0. The Kier molecular flexibility index (Phi) is 8.26. The van der Waals surface area contributed by atoms with Gasteiger partial charge in [-0.1, -0.05) is 60.7 Å². The van der Waals surface area contributed by atoms with E-state index in [1.165, 1.54) is 5.56 Å². The molecule has 42 heavy (non-hydrogen) atoms. The van der Waals surface area contributed by atoms with Crippen LogP contribution in [0.15, 0.2) is 94.8 Å². The third-order valence-corrected chi connectivity index (χ3v) is 7.92. The van der Waals surface area contributed by atoms with E-state index in [1.54, 1.807) is 18.5 Å². The molecule has 1 fully saturated rings. The number of aromatic nitrogens is 3. The standard InChI is InChI=1S/C34H36N6O2/c1-24-18-28(40-16-14-39(15-17-40)22-26-10-6-3-7-11-26)20-30-32(24)38-33(37-30)31-29(12-13-35-34(31)42)36-21-27(23-41)19-25-8-4-2-5-9-25/h2-13,18,20-21,27,41H,14-17,19,22-23H2,1H3,(H,35,42)(H,37,38). The SMILES string of the molecule is Cc1cc(N2CCN(Cc3ccccc3)CC2)cc2[nH]c(-c3c(N=CC(CO)Cc4ccccc4)cc[nH]c3=O)nc12. The Balaban J connectivity index is 1.22. The lowest BCUT2D eigenvalue weighted by molar-refractivity contribution is 0.250. The van der Waals surface area contributed by atoms with E-state index in [1.807, 2.05) is 30.3 Å². The van der Waals surface area contributed by atoms with E-state index in [0.717, 1.165) is 60.6 Å². The molecule has 3 N–H and O–H groups in total. The van der Waals surface area contributed by atoms with E-state index in [4.69, 9.17) is 4.98 Å². The number of anilines is 1. The number of nitrogens with one attached hydrogen (secondary N) is 2. The fraction of sp³-hybridized carbons (Fsp3) is 0.265. The molecule has 1 atom stereocenters. The zero-order chi connectivity index (χ0) is 28.9. The molecule has 3 aromatic carbocycles. The van der Waals surface area contributed by atoms with Crippen LogP contribution in [-0.4, -0.2) is 64.0 Å². The molecule has 5 aromatic rings. The lowest BCUT2D eigenvalue weighted by atomic mass is 10.0. The maximum atomic E-state index is 13.0. The van der Waals surface area contributed by atoms with Crippen LogP contribution in [0.1, 0.15) is 16.7 Å². The van der Waals surface area contributed by atoms with E-state index < -0.39 is 0 Å². The molecular weight excluding hydrogens is 524 g/mol. The molecule has 6 rings (SSSR count). The molecule has 1 aliphatic heterocycles. The summed E-state index contributed by atoms with van der Waals surface area (Å²) in [5.41, 5.74) is 7.03. The van der Waals surface area contributed by atoms with Crippen LogP contribution in [0.2, 0.25) is 0 Å². The maximum absolute atomic E-state index is 13.0. The predicted molar refractivity (Wildman–Crippen MR) is 170 cm³/mol. The second-order valence-corrected chi connectivity index (χ2v) is 11.0. The first kappa shape index (κ1) is 27.6. The first-order valence-electron chi connectivity index (χ1n) is 14.5. The van der Waals surface area contributed by atoms with Gasteiger partial charge in [0.05, 0.1) is 23.3 Å². The summed E-state index contributed by atoms with van der Waals surface area (Å²) < 4.78 is 0. The largest absolute Gasteiger partial charge is 0.396 e. The molecule has 3 heterocycles. The molecule has 1 saturated heterocycles. The molecule has 1 aliphatic rings. The second-order valence-electron chi connectivity index (χ2n) is 11.0. The van der Waals surface area contributed by atoms with E-state index >= 15 is 0 Å². The molecule has 0 amide bonds. The van der Waals surface area contributed by atoms with Crippen molar-refractivity contribution in [1.29, 1.82) is 0 Å². The smallest absolute Gasteiger partial charge is 0.261 e. The average Bonchev–Trinajstić information content (AvgIpc) is 3.45. The van der Waals surface area contributed by atoms with Gasteiger partial charge in [-0.05, 0) is 48.2 Å². The topological polar surface area (TPSA) is 101 Å². The fourth-order valence-electron chi connectivity index (χ4n) is 5.65. The van der Waals surface area contributed by atoms with E-state index in [-0.39, 0.29) is 18.1 Å². The number of nitrogens with zero attached hydrogens (tertiary/aromatic N) is 4. The Labute approximate surface area is 245 Å². The van der Waals surface area contributed by atoms with Gasteiger partial charge in [0.25, 0.3) is 5.56 Å². The zero-order valence-corrected chi connectivity index (χ0v) is 23.8. The fourth-order valence-corrected chi connectivity index (χ4v) is 5.65. The summed E-state index contributed by atoms with van der Waals surface area (Å²) in [6, 6.07) is 26.7. The Hall–Kier alpha value is -4.53. The van der Waals surface area contributed by atoms with Gasteiger partial charge in [-0.15, -0.1) is 0 Å². The maximum Gasteiger partial charge on any atom is 0.261 e. The van der Waals surface area contributed by atoms with Crippen LogP contribution in [0.3, 0.4) is 0 Å². The molecule has 0 saturated carbocycles. The Morgan fingerprint density at radius 2 is 1.69 bits per heavy atom. The van der Waals surface area contributed by atoms with Crippen molar-refractivity contribution in [2.24, 2.45) is 10.9 Å². The molecule has 0 radical (unpaired) electrons. The van der Waals surface area contributed by atoms with Gasteiger partial charge in [0, 0.05) is 56.7 Å². The van der Waals surface area contributed by atoms with Crippen molar-refractivity contribution < 1.29 is 5.11 Å². The summed E-state index contributed by atoms with van der Waals surface area (Å²) in [6.45, 7) is 6.89. The number of fused-ring (bicyclic) bond motifs is 1. The number of hydrogen-bond acceptors (Lipinski definition) is 6. The van der Waals surface area contributed by atoms with Gasteiger partial charge in [-0.25, -0.2) is 4.98 Å². The normalized spacial score (nSPS) is 15.0. The van der Waals surface area contributed by atoms with Crippen LogP contribution >= 0.6 is 0 Å². The molecule has 8 heteroatoms. The number of aromatic amines is 2. The van der Waals surface area contributed by atoms with Crippen molar-refractivity contribution in [3.63, 3.8) is 0 Å². The number of aliphatic hydroxyl groups excluding tert-OH is 1. The number of pyridine rings is 1. The quantitative estimate of drug-likeness (QED) is 0.218. The van der Waals surface area contributed by atoms with E-state index in [0.29, 0.717) is 23.5 Å².